The van der Waals surface area contributed by atoms with Crippen LogP contribution in [0, 0.1) is 11.3 Å². The van der Waals surface area contributed by atoms with Crippen LogP contribution in [0.5, 0.6) is 0 Å². The highest BCUT2D eigenvalue weighted by molar-refractivity contribution is 5.66. The number of nitrogen functional groups attached to an aromatic ring is 1. The van der Waals surface area contributed by atoms with Gasteiger partial charge >= 0.3 is 6.18 Å². The molecule has 0 fully saturated rings. The molecule has 102 valence electrons. The van der Waals surface area contributed by atoms with Gasteiger partial charge < -0.3 is 11.1 Å². The maximum absolute atomic E-state index is 12.6. The van der Waals surface area contributed by atoms with E-state index < -0.39 is 11.7 Å². The molecular formula is C13H9F3N4. The number of benzene rings is 1. The van der Waals surface area contributed by atoms with Crippen LogP contribution < -0.4 is 11.1 Å². The summed E-state index contributed by atoms with van der Waals surface area (Å²) in [5.74, 6) is 0.348. The van der Waals surface area contributed by atoms with E-state index in [0.29, 0.717) is 11.5 Å². The van der Waals surface area contributed by atoms with Crippen molar-refractivity contribution < 1.29 is 13.2 Å². The first-order chi connectivity index (χ1) is 9.40. The second-order valence-electron chi connectivity index (χ2n) is 3.97. The van der Waals surface area contributed by atoms with Crippen LogP contribution in [0.25, 0.3) is 0 Å². The normalized spacial score (nSPS) is 10.9. The molecule has 0 aliphatic carbocycles. The van der Waals surface area contributed by atoms with Crippen LogP contribution in [0.3, 0.4) is 0 Å². The van der Waals surface area contributed by atoms with Gasteiger partial charge in [-0.2, -0.15) is 18.4 Å². The van der Waals surface area contributed by atoms with Crippen molar-refractivity contribution in [3.8, 4) is 6.07 Å². The first-order valence-electron chi connectivity index (χ1n) is 5.50. The number of rotatable bonds is 2. The van der Waals surface area contributed by atoms with Gasteiger partial charge in [-0.15, -0.1) is 0 Å². The van der Waals surface area contributed by atoms with Crippen molar-refractivity contribution in [2.24, 2.45) is 0 Å². The standard InChI is InChI=1S/C13H9F3N4/c14-13(15,16)9-1-2-11(8(5-9)7-17)20-12-6-10(18)3-4-19-12/h1-6H,(H3,18,19,20). The molecule has 0 aliphatic heterocycles. The van der Waals surface area contributed by atoms with E-state index in [0.717, 1.165) is 12.1 Å². The number of nitrogens with zero attached hydrogens (tertiary/aromatic N) is 2. The van der Waals surface area contributed by atoms with Gasteiger partial charge in [-0.05, 0) is 24.3 Å². The molecule has 2 aromatic rings. The number of hydrogen-bond acceptors (Lipinski definition) is 4. The first-order valence-corrected chi connectivity index (χ1v) is 5.50. The van der Waals surface area contributed by atoms with E-state index in [-0.39, 0.29) is 11.3 Å². The van der Waals surface area contributed by atoms with Gasteiger partial charge in [0.25, 0.3) is 0 Å². The lowest BCUT2D eigenvalue weighted by atomic mass is 10.1. The minimum atomic E-state index is -4.49. The summed E-state index contributed by atoms with van der Waals surface area (Å²) >= 11 is 0. The van der Waals surface area contributed by atoms with Crippen molar-refractivity contribution >= 4 is 17.2 Å². The predicted molar refractivity (Wildman–Crippen MR) is 68.1 cm³/mol. The predicted octanol–water partition coefficient (Wildman–Crippen LogP) is 3.30. The largest absolute Gasteiger partial charge is 0.416 e. The highest BCUT2D eigenvalue weighted by Crippen LogP contribution is 2.32. The molecule has 1 heterocycles. The van der Waals surface area contributed by atoms with E-state index in [1.54, 1.807) is 12.1 Å². The molecule has 0 saturated heterocycles. The molecule has 0 bridgehead atoms. The zero-order valence-corrected chi connectivity index (χ0v) is 10.1. The van der Waals surface area contributed by atoms with Gasteiger partial charge in [-0.25, -0.2) is 4.98 Å². The Morgan fingerprint density at radius 2 is 1.95 bits per heavy atom. The lowest BCUT2D eigenvalue weighted by Gasteiger charge is -2.11. The van der Waals surface area contributed by atoms with Crippen molar-refractivity contribution in [1.29, 1.82) is 5.26 Å². The number of nitriles is 1. The van der Waals surface area contributed by atoms with Crippen molar-refractivity contribution in [3.63, 3.8) is 0 Å². The second-order valence-corrected chi connectivity index (χ2v) is 3.97. The summed E-state index contributed by atoms with van der Waals surface area (Å²) in [6, 6.07) is 7.68. The summed E-state index contributed by atoms with van der Waals surface area (Å²) in [6.07, 6.45) is -3.03. The van der Waals surface area contributed by atoms with Crippen LogP contribution in [-0.2, 0) is 6.18 Å². The molecule has 20 heavy (non-hydrogen) atoms. The third-order valence-electron chi connectivity index (χ3n) is 2.51. The van der Waals surface area contributed by atoms with Gasteiger partial charge in [-0.1, -0.05) is 0 Å². The number of halogens is 3. The number of alkyl halides is 3. The Bertz CT molecular complexity index is 674. The minimum Gasteiger partial charge on any atom is -0.399 e. The maximum Gasteiger partial charge on any atom is 0.416 e. The van der Waals surface area contributed by atoms with Crippen molar-refractivity contribution in [2.45, 2.75) is 6.18 Å². The van der Waals surface area contributed by atoms with Gasteiger partial charge in [0.1, 0.15) is 11.9 Å². The summed E-state index contributed by atoms with van der Waals surface area (Å²) in [5, 5.41) is 11.7. The van der Waals surface area contributed by atoms with E-state index in [9.17, 15) is 13.2 Å². The van der Waals surface area contributed by atoms with E-state index >= 15 is 0 Å². The fourth-order valence-electron chi connectivity index (χ4n) is 1.58. The van der Waals surface area contributed by atoms with Crippen LogP contribution >= 0.6 is 0 Å². The van der Waals surface area contributed by atoms with Gasteiger partial charge in [0.05, 0.1) is 16.8 Å². The Morgan fingerprint density at radius 1 is 1.20 bits per heavy atom. The molecule has 0 radical (unpaired) electrons. The van der Waals surface area contributed by atoms with E-state index in [1.165, 1.54) is 18.3 Å². The molecule has 0 aliphatic rings. The monoisotopic (exact) mass is 278 g/mol. The van der Waals surface area contributed by atoms with Crippen LogP contribution in [-0.4, -0.2) is 4.98 Å². The number of nitrogens with two attached hydrogens (primary N) is 1. The van der Waals surface area contributed by atoms with E-state index in [2.05, 4.69) is 10.3 Å². The summed E-state index contributed by atoms with van der Waals surface area (Å²) in [6.45, 7) is 0. The summed E-state index contributed by atoms with van der Waals surface area (Å²) < 4.78 is 37.7. The number of aromatic nitrogens is 1. The summed E-state index contributed by atoms with van der Waals surface area (Å²) in [4.78, 5) is 3.96. The molecule has 0 amide bonds. The topological polar surface area (TPSA) is 74.7 Å². The number of anilines is 3. The molecule has 1 aromatic heterocycles. The number of nitrogens with one attached hydrogen (secondary N) is 1. The molecule has 3 N–H and O–H groups in total. The molecule has 0 atom stereocenters. The molecule has 4 nitrogen and oxygen atoms in total. The molecule has 2 rings (SSSR count). The van der Waals surface area contributed by atoms with Gasteiger partial charge in [0.2, 0.25) is 0 Å². The number of pyridine rings is 1. The van der Waals surface area contributed by atoms with Crippen molar-refractivity contribution in [2.75, 3.05) is 11.1 Å². The first kappa shape index (κ1) is 13.7. The summed E-state index contributed by atoms with van der Waals surface area (Å²) in [7, 11) is 0. The number of hydrogen-bond donors (Lipinski definition) is 2. The van der Waals surface area contributed by atoms with Gasteiger partial charge in [0.15, 0.2) is 0 Å². The molecule has 7 heteroatoms. The highest BCUT2D eigenvalue weighted by atomic mass is 19.4. The zero-order valence-electron chi connectivity index (χ0n) is 10.1. The Hall–Kier alpha value is -2.75. The second kappa shape index (κ2) is 5.09. The third kappa shape index (κ3) is 2.98. The SMILES string of the molecule is N#Cc1cc(C(F)(F)F)ccc1Nc1cc(N)ccn1. The molecule has 0 saturated carbocycles. The molecular weight excluding hydrogens is 269 g/mol. The van der Waals surface area contributed by atoms with Crippen LogP contribution in [0.15, 0.2) is 36.5 Å². The highest BCUT2D eigenvalue weighted by Gasteiger charge is 2.31. The van der Waals surface area contributed by atoms with E-state index in [1.807, 2.05) is 0 Å². The average molecular weight is 278 g/mol. The summed E-state index contributed by atoms with van der Waals surface area (Å²) in [5.41, 5.74) is 5.26. The maximum atomic E-state index is 12.6. The van der Waals surface area contributed by atoms with Crippen LogP contribution in [0.2, 0.25) is 0 Å². The van der Waals surface area contributed by atoms with Crippen LogP contribution in [0.4, 0.5) is 30.4 Å². The Kier molecular flexibility index (Phi) is 3.48. The van der Waals surface area contributed by atoms with Gasteiger partial charge in [0, 0.05) is 18.0 Å². The van der Waals surface area contributed by atoms with E-state index in [4.69, 9.17) is 11.0 Å². The van der Waals surface area contributed by atoms with Crippen LogP contribution in [0.1, 0.15) is 11.1 Å². The quantitative estimate of drug-likeness (QED) is 0.883. The Balaban J connectivity index is 2.36. The average Bonchev–Trinajstić information content (AvgIpc) is 2.38. The zero-order chi connectivity index (χ0) is 14.8. The Morgan fingerprint density at radius 3 is 2.55 bits per heavy atom. The Labute approximate surface area is 112 Å². The van der Waals surface area contributed by atoms with Crippen molar-refractivity contribution in [1.82, 2.24) is 4.98 Å². The van der Waals surface area contributed by atoms with Gasteiger partial charge in [-0.3, -0.25) is 0 Å². The molecule has 0 spiro atoms. The third-order valence-corrected chi connectivity index (χ3v) is 2.51. The molecule has 1 aromatic carbocycles. The lowest BCUT2D eigenvalue weighted by molar-refractivity contribution is -0.137. The smallest absolute Gasteiger partial charge is 0.399 e. The fraction of sp³-hybridized carbons (Fsp3) is 0.0769. The lowest BCUT2D eigenvalue weighted by Crippen LogP contribution is -2.06. The molecule has 0 unspecified atom stereocenters. The minimum absolute atomic E-state index is 0.121. The fourth-order valence-corrected chi connectivity index (χ4v) is 1.58. The van der Waals surface area contributed by atoms with Crippen molar-refractivity contribution in [3.05, 3.63) is 47.7 Å².